The molecule has 0 aliphatic carbocycles. The van der Waals surface area contributed by atoms with Gasteiger partial charge in [0, 0.05) is 39.4 Å². The Balaban J connectivity index is 1.55. The quantitative estimate of drug-likeness (QED) is 0.882. The summed E-state index contributed by atoms with van der Waals surface area (Å²) in [5, 5.41) is 7.86. The lowest BCUT2D eigenvalue weighted by Gasteiger charge is -2.27. The molecule has 24 heavy (non-hydrogen) atoms. The van der Waals surface area contributed by atoms with Gasteiger partial charge in [0.05, 0.1) is 18.4 Å². The molecule has 2 aromatic heterocycles. The van der Waals surface area contributed by atoms with Crippen LogP contribution in [0.5, 0.6) is 5.88 Å². The highest BCUT2D eigenvalue weighted by Gasteiger charge is 2.14. The molecule has 130 valence electrons. The van der Waals surface area contributed by atoms with Crippen LogP contribution in [0, 0.1) is 6.92 Å². The lowest BCUT2D eigenvalue weighted by molar-refractivity contribution is 0.368. The van der Waals surface area contributed by atoms with E-state index in [0.717, 1.165) is 49.1 Å². The van der Waals surface area contributed by atoms with Gasteiger partial charge in [0.1, 0.15) is 5.82 Å². The fourth-order valence-corrected chi connectivity index (χ4v) is 3.30. The first kappa shape index (κ1) is 16.8. The van der Waals surface area contributed by atoms with Crippen molar-refractivity contribution in [1.82, 2.24) is 20.1 Å². The molecule has 3 rings (SSSR count). The highest BCUT2D eigenvalue weighted by molar-refractivity contribution is 5.39. The number of anilines is 1. The Morgan fingerprint density at radius 2 is 1.96 bits per heavy atom. The van der Waals surface area contributed by atoms with Gasteiger partial charge in [-0.25, -0.2) is 9.67 Å². The first-order chi connectivity index (χ1) is 11.7. The number of aromatic nitrogens is 3. The van der Waals surface area contributed by atoms with Gasteiger partial charge in [-0.2, -0.15) is 5.10 Å². The summed E-state index contributed by atoms with van der Waals surface area (Å²) in [5.74, 6) is 1.92. The molecule has 0 bridgehead atoms. The molecule has 1 fully saturated rings. The van der Waals surface area contributed by atoms with E-state index >= 15 is 0 Å². The van der Waals surface area contributed by atoms with E-state index < -0.39 is 0 Å². The number of pyridine rings is 1. The minimum absolute atomic E-state index is 0.733. The first-order valence-corrected chi connectivity index (χ1v) is 8.66. The van der Waals surface area contributed by atoms with Gasteiger partial charge < -0.3 is 15.0 Å². The maximum absolute atomic E-state index is 5.43. The molecule has 1 aliphatic rings. The Morgan fingerprint density at radius 1 is 1.17 bits per heavy atom. The Kier molecular flexibility index (Phi) is 5.35. The van der Waals surface area contributed by atoms with Crippen LogP contribution in [0.15, 0.2) is 18.3 Å². The molecule has 1 saturated heterocycles. The highest BCUT2D eigenvalue weighted by Crippen LogP contribution is 2.21. The summed E-state index contributed by atoms with van der Waals surface area (Å²) in [5.41, 5.74) is 3.30. The SMILES string of the molecule is COc1c(CNCc2ccc(N3CCCCC3)nc2)c(C)nn1C. The third kappa shape index (κ3) is 3.70. The molecule has 0 saturated carbocycles. The van der Waals surface area contributed by atoms with E-state index in [4.69, 9.17) is 4.74 Å². The summed E-state index contributed by atoms with van der Waals surface area (Å²) in [6, 6.07) is 4.30. The average molecular weight is 329 g/mol. The zero-order valence-electron chi connectivity index (χ0n) is 14.9. The molecule has 2 aromatic rings. The average Bonchev–Trinajstić information content (AvgIpc) is 2.89. The van der Waals surface area contributed by atoms with Gasteiger partial charge in [-0.1, -0.05) is 6.07 Å². The minimum atomic E-state index is 0.733. The molecular formula is C18H27N5O. The second-order valence-corrected chi connectivity index (χ2v) is 6.37. The molecule has 3 heterocycles. The Labute approximate surface area is 143 Å². The molecule has 1 aliphatic heterocycles. The summed E-state index contributed by atoms with van der Waals surface area (Å²) in [4.78, 5) is 7.01. The number of hydrogen-bond donors (Lipinski definition) is 1. The smallest absolute Gasteiger partial charge is 0.216 e. The Bertz CT molecular complexity index is 659. The number of piperidine rings is 1. The van der Waals surface area contributed by atoms with Crippen LogP contribution in [0.4, 0.5) is 5.82 Å². The van der Waals surface area contributed by atoms with E-state index in [1.54, 1.807) is 11.8 Å². The van der Waals surface area contributed by atoms with Crippen molar-refractivity contribution in [3.63, 3.8) is 0 Å². The van der Waals surface area contributed by atoms with Crippen molar-refractivity contribution in [1.29, 1.82) is 0 Å². The van der Waals surface area contributed by atoms with Gasteiger partial charge >= 0.3 is 0 Å². The third-order valence-corrected chi connectivity index (χ3v) is 4.60. The highest BCUT2D eigenvalue weighted by atomic mass is 16.5. The van der Waals surface area contributed by atoms with Gasteiger partial charge in [-0.05, 0) is 37.8 Å². The third-order valence-electron chi connectivity index (χ3n) is 4.60. The molecule has 0 spiro atoms. The second-order valence-electron chi connectivity index (χ2n) is 6.37. The van der Waals surface area contributed by atoms with Gasteiger partial charge in [-0.15, -0.1) is 0 Å². The maximum atomic E-state index is 5.43. The number of nitrogens with one attached hydrogen (secondary N) is 1. The lowest BCUT2D eigenvalue weighted by atomic mass is 10.1. The number of methoxy groups -OCH3 is 1. The van der Waals surface area contributed by atoms with Crippen molar-refractivity contribution in [2.75, 3.05) is 25.1 Å². The second kappa shape index (κ2) is 7.66. The monoisotopic (exact) mass is 329 g/mol. The van der Waals surface area contributed by atoms with Crippen LogP contribution in [0.25, 0.3) is 0 Å². The zero-order chi connectivity index (χ0) is 16.9. The van der Waals surface area contributed by atoms with E-state index in [2.05, 4.69) is 32.4 Å². The number of aryl methyl sites for hydroxylation is 2. The molecule has 0 radical (unpaired) electrons. The molecule has 0 aromatic carbocycles. The summed E-state index contributed by atoms with van der Waals surface area (Å²) in [6.45, 7) is 5.78. The summed E-state index contributed by atoms with van der Waals surface area (Å²) in [7, 11) is 3.59. The predicted octanol–water partition coefficient (Wildman–Crippen LogP) is 2.41. The molecule has 6 nitrogen and oxygen atoms in total. The Morgan fingerprint density at radius 3 is 2.62 bits per heavy atom. The number of hydrogen-bond acceptors (Lipinski definition) is 5. The summed E-state index contributed by atoms with van der Waals surface area (Å²) < 4.78 is 7.20. The normalized spacial score (nSPS) is 14.9. The van der Waals surface area contributed by atoms with Crippen LogP contribution in [-0.2, 0) is 20.1 Å². The van der Waals surface area contributed by atoms with Crippen LogP contribution in [0.2, 0.25) is 0 Å². The van der Waals surface area contributed by atoms with E-state index in [0.29, 0.717) is 0 Å². The molecule has 1 N–H and O–H groups in total. The standard InChI is InChI=1S/C18H27N5O/c1-14-16(18(24-3)22(2)21-14)13-19-11-15-7-8-17(20-12-15)23-9-5-4-6-10-23/h7-8,12,19H,4-6,9-11,13H2,1-3H3. The molecule has 0 amide bonds. The van der Waals surface area contributed by atoms with Crippen LogP contribution in [-0.4, -0.2) is 35.0 Å². The molecule has 0 unspecified atom stereocenters. The van der Waals surface area contributed by atoms with Crippen molar-refractivity contribution in [2.45, 2.75) is 39.3 Å². The molecular weight excluding hydrogens is 302 g/mol. The van der Waals surface area contributed by atoms with Crippen LogP contribution in [0.1, 0.15) is 36.1 Å². The fourth-order valence-electron chi connectivity index (χ4n) is 3.30. The van der Waals surface area contributed by atoms with Crippen molar-refractivity contribution >= 4 is 5.82 Å². The minimum Gasteiger partial charge on any atom is -0.481 e. The van der Waals surface area contributed by atoms with Crippen LogP contribution in [0.3, 0.4) is 0 Å². The van der Waals surface area contributed by atoms with E-state index in [9.17, 15) is 0 Å². The summed E-state index contributed by atoms with van der Waals surface area (Å²) in [6.07, 6.45) is 5.87. The van der Waals surface area contributed by atoms with E-state index in [-0.39, 0.29) is 0 Å². The van der Waals surface area contributed by atoms with Crippen molar-refractivity contribution in [2.24, 2.45) is 7.05 Å². The molecule has 0 atom stereocenters. The largest absolute Gasteiger partial charge is 0.481 e. The summed E-state index contributed by atoms with van der Waals surface area (Å²) >= 11 is 0. The lowest BCUT2D eigenvalue weighted by Crippen LogP contribution is -2.30. The fraction of sp³-hybridized carbons (Fsp3) is 0.556. The van der Waals surface area contributed by atoms with Gasteiger partial charge in [0.2, 0.25) is 5.88 Å². The first-order valence-electron chi connectivity index (χ1n) is 8.66. The van der Waals surface area contributed by atoms with Crippen LogP contribution >= 0.6 is 0 Å². The number of ether oxygens (including phenoxy) is 1. The van der Waals surface area contributed by atoms with Crippen molar-refractivity contribution in [3.05, 3.63) is 35.2 Å². The zero-order valence-corrected chi connectivity index (χ0v) is 14.9. The Hall–Kier alpha value is -2.08. The van der Waals surface area contributed by atoms with Gasteiger partial charge in [0.15, 0.2) is 0 Å². The van der Waals surface area contributed by atoms with E-state index in [1.165, 1.54) is 24.8 Å². The topological polar surface area (TPSA) is 55.2 Å². The van der Waals surface area contributed by atoms with Crippen LogP contribution < -0.4 is 15.0 Å². The van der Waals surface area contributed by atoms with Crippen molar-refractivity contribution < 1.29 is 4.74 Å². The number of rotatable bonds is 6. The predicted molar refractivity (Wildman–Crippen MR) is 95.3 cm³/mol. The van der Waals surface area contributed by atoms with Gasteiger partial charge in [-0.3, -0.25) is 0 Å². The van der Waals surface area contributed by atoms with Gasteiger partial charge in [0.25, 0.3) is 0 Å². The maximum Gasteiger partial charge on any atom is 0.216 e. The van der Waals surface area contributed by atoms with E-state index in [1.807, 2.05) is 20.2 Å². The molecule has 6 heteroatoms. The number of nitrogens with zero attached hydrogens (tertiary/aromatic N) is 4. The van der Waals surface area contributed by atoms with Crippen molar-refractivity contribution in [3.8, 4) is 5.88 Å².